The Morgan fingerprint density at radius 3 is 2.20 bits per heavy atom. The van der Waals surface area contributed by atoms with Gasteiger partial charge in [-0.15, -0.1) is 0 Å². The fourth-order valence-electron chi connectivity index (χ4n) is 1.91. The van der Waals surface area contributed by atoms with E-state index in [9.17, 15) is 31.7 Å². The van der Waals surface area contributed by atoms with Crippen LogP contribution in [0.15, 0.2) is 45.8 Å². The van der Waals surface area contributed by atoms with E-state index in [-0.39, 0.29) is 11.0 Å². The van der Waals surface area contributed by atoms with E-state index < -0.39 is 42.5 Å². The fraction of sp³-hybridized carbons (Fsp3) is 0.143. The van der Waals surface area contributed by atoms with Crippen molar-refractivity contribution in [3.63, 3.8) is 0 Å². The third kappa shape index (κ3) is 4.28. The molecule has 0 aromatic heterocycles. The molecule has 0 unspecified atom stereocenters. The van der Waals surface area contributed by atoms with Gasteiger partial charge in [-0.25, -0.2) is 8.42 Å². The Morgan fingerprint density at radius 2 is 1.72 bits per heavy atom. The molecule has 0 amide bonds. The number of hydrogen-bond acceptors (Lipinski definition) is 4. The predicted molar refractivity (Wildman–Crippen MR) is 87.8 cm³/mol. The lowest BCUT2D eigenvalue weighted by Gasteiger charge is -2.13. The van der Waals surface area contributed by atoms with Crippen LogP contribution in [0.5, 0.6) is 0 Å². The Kier molecular flexibility index (Phi) is 5.09. The van der Waals surface area contributed by atoms with Crippen molar-refractivity contribution in [1.82, 2.24) is 0 Å². The lowest BCUT2D eigenvalue weighted by atomic mass is 10.1. The molecule has 0 atom stereocenters. The van der Waals surface area contributed by atoms with E-state index >= 15 is 0 Å². The third-order valence-corrected chi connectivity index (χ3v) is 5.15. The van der Waals surface area contributed by atoms with Gasteiger partial charge in [0.15, 0.2) is 0 Å². The summed E-state index contributed by atoms with van der Waals surface area (Å²) in [4.78, 5) is 9.83. The molecule has 0 saturated carbocycles. The highest BCUT2D eigenvalue weighted by molar-refractivity contribution is 9.10. The molecule has 11 heteroatoms. The molecule has 2 aromatic rings. The Labute approximate surface area is 149 Å². The first-order chi connectivity index (χ1) is 11.4. The molecule has 25 heavy (non-hydrogen) atoms. The van der Waals surface area contributed by atoms with Crippen molar-refractivity contribution in [3.8, 4) is 0 Å². The number of nitro groups is 1. The molecule has 0 aliphatic carbocycles. The first kappa shape index (κ1) is 19.2. The van der Waals surface area contributed by atoms with Crippen molar-refractivity contribution in [2.45, 2.75) is 18.0 Å². The molecule has 0 radical (unpaired) electrons. The van der Waals surface area contributed by atoms with Crippen LogP contribution in [-0.2, 0) is 16.2 Å². The first-order valence-corrected chi connectivity index (χ1v) is 8.84. The Hall–Kier alpha value is -2.14. The molecule has 0 fully saturated rings. The number of nitro benzene ring substituents is 1. The number of anilines is 1. The molecule has 0 heterocycles. The van der Waals surface area contributed by atoms with Crippen LogP contribution in [0, 0.1) is 17.0 Å². The number of nitrogens with one attached hydrogen (secondary N) is 1. The highest BCUT2D eigenvalue weighted by Crippen LogP contribution is 2.40. The average Bonchev–Trinajstić information content (AvgIpc) is 2.48. The third-order valence-electron chi connectivity index (χ3n) is 3.16. The molecule has 0 aliphatic heterocycles. The van der Waals surface area contributed by atoms with Gasteiger partial charge in [0.1, 0.15) is 5.69 Å². The predicted octanol–water partition coefficient (Wildman–Crippen LogP) is 4.49. The number of sulfonamides is 1. The highest BCUT2D eigenvalue weighted by atomic mass is 79.9. The quantitative estimate of drug-likeness (QED) is 0.562. The molecule has 1 N–H and O–H groups in total. The van der Waals surface area contributed by atoms with Gasteiger partial charge in [-0.2, -0.15) is 13.2 Å². The second-order valence-corrected chi connectivity index (χ2v) is 7.56. The maximum Gasteiger partial charge on any atom is 0.416 e. The van der Waals surface area contributed by atoms with Gasteiger partial charge in [0.25, 0.3) is 15.7 Å². The summed E-state index contributed by atoms with van der Waals surface area (Å²) in [5.74, 6) is 0. The zero-order valence-electron chi connectivity index (χ0n) is 12.5. The summed E-state index contributed by atoms with van der Waals surface area (Å²) in [5.41, 5.74) is -2.08. The van der Waals surface area contributed by atoms with Crippen LogP contribution in [0.1, 0.15) is 11.1 Å². The second kappa shape index (κ2) is 6.64. The zero-order chi connectivity index (χ0) is 19.0. The lowest BCUT2D eigenvalue weighted by Crippen LogP contribution is -2.15. The minimum atomic E-state index is -4.82. The lowest BCUT2D eigenvalue weighted by molar-refractivity contribution is -0.384. The van der Waals surface area contributed by atoms with E-state index in [1.807, 2.05) is 4.72 Å². The Balaban J connectivity index is 2.55. The summed E-state index contributed by atoms with van der Waals surface area (Å²) in [7, 11) is -4.22. The van der Waals surface area contributed by atoms with E-state index in [2.05, 4.69) is 15.9 Å². The molecule has 0 bridgehead atoms. The maximum atomic E-state index is 12.8. The summed E-state index contributed by atoms with van der Waals surface area (Å²) in [6, 6.07) is 6.44. The van der Waals surface area contributed by atoms with Gasteiger partial charge in [-0.05, 0) is 41.1 Å². The summed E-state index contributed by atoms with van der Waals surface area (Å²) in [6.45, 7) is 1.74. The van der Waals surface area contributed by atoms with Gasteiger partial charge in [-0.3, -0.25) is 14.8 Å². The van der Waals surface area contributed by atoms with Crippen LogP contribution in [0.4, 0.5) is 24.5 Å². The normalized spacial score (nSPS) is 12.0. The number of benzene rings is 2. The van der Waals surface area contributed by atoms with Crippen LogP contribution < -0.4 is 4.72 Å². The molecular weight excluding hydrogens is 429 g/mol. The van der Waals surface area contributed by atoms with Crippen molar-refractivity contribution in [2.24, 2.45) is 0 Å². The summed E-state index contributed by atoms with van der Waals surface area (Å²) >= 11 is 2.76. The van der Waals surface area contributed by atoms with Crippen LogP contribution in [0.25, 0.3) is 0 Å². The first-order valence-electron chi connectivity index (χ1n) is 6.56. The van der Waals surface area contributed by atoms with Crippen molar-refractivity contribution in [3.05, 3.63) is 62.1 Å². The maximum absolute atomic E-state index is 12.8. The fourth-order valence-corrected chi connectivity index (χ4v) is 3.69. The van der Waals surface area contributed by atoms with Crippen molar-refractivity contribution < 1.29 is 26.5 Å². The van der Waals surface area contributed by atoms with Gasteiger partial charge >= 0.3 is 6.18 Å². The number of aryl methyl sites for hydroxylation is 1. The van der Waals surface area contributed by atoms with Crippen molar-refractivity contribution >= 4 is 37.3 Å². The number of rotatable bonds is 4. The molecule has 2 aromatic carbocycles. The van der Waals surface area contributed by atoms with Gasteiger partial charge in [0, 0.05) is 10.5 Å². The van der Waals surface area contributed by atoms with Crippen LogP contribution >= 0.6 is 15.9 Å². The number of nitrogens with zero attached hydrogens (tertiary/aromatic N) is 1. The second-order valence-electron chi connectivity index (χ2n) is 5.03. The van der Waals surface area contributed by atoms with E-state index in [0.717, 1.165) is 5.56 Å². The summed E-state index contributed by atoms with van der Waals surface area (Å²) in [5, 5.41) is 11.1. The summed E-state index contributed by atoms with van der Waals surface area (Å²) < 4.78 is 64.7. The number of alkyl halides is 3. The minimum absolute atomic E-state index is 0.181. The molecule has 0 spiro atoms. The van der Waals surface area contributed by atoms with Crippen LogP contribution in [-0.4, -0.2) is 13.3 Å². The number of halogens is 4. The topological polar surface area (TPSA) is 89.3 Å². The Morgan fingerprint density at radius 1 is 1.16 bits per heavy atom. The monoisotopic (exact) mass is 438 g/mol. The number of hydrogen-bond donors (Lipinski definition) is 1. The Bertz CT molecular complexity index is 928. The molecule has 0 saturated heterocycles. The largest absolute Gasteiger partial charge is 0.416 e. The zero-order valence-corrected chi connectivity index (χ0v) is 14.9. The molecule has 0 aliphatic rings. The average molecular weight is 439 g/mol. The van der Waals surface area contributed by atoms with Gasteiger partial charge in [-0.1, -0.05) is 17.7 Å². The van der Waals surface area contributed by atoms with Crippen molar-refractivity contribution in [2.75, 3.05) is 4.72 Å². The van der Waals surface area contributed by atoms with Crippen LogP contribution in [0.3, 0.4) is 0 Å². The van der Waals surface area contributed by atoms with E-state index in [0.29, 0.717) is 6.07 Å². The van der Waals surface area contributed by atoms with E-state index in [1.165, 1.54) is 24.3 Å². The van der Waals surface area contributed by atoms with Gasteiger partial charge < -0.3 is 0 Å². The molecular formula is C14H10BrF3N2O4S. The van der Waals surface area contributed by atoms with Gasteiger partial charge in [0.2, 0.25) is 0 Å². The standard InChI is InChI=1S/C14H10BrF3N2O4S/c1-8-2-4-10(5-3-8)25(23,24)19-13-11(15)6-9(14(16,17)18)7-12(13)20(21)22/h2-7,19H,1H3. The van der Waals surface area contributed by atoms with Crippen LogP contribution in [0.2, 0.25) is 0 Å². The minimum Gasteiger partial charge on any atom is -0.272 e. The smallest absolute Gasteiger partial charge is 0.272 e. The highest BCUT2D eigenvalue weighted by Gasteiger charge is 2.35. The molecule has 2 rings (SSSR count). The van der Waals surface area contributed by atoms with Crippen molar-refractivity contribution in [1.29, 1.82) is 0 Å². The molecule has 134 valence electrons. The van der Waals surface area contributed by atoms with Gasteiger partial charge in [0.05, 0.1) is 15.4 Å². The SMILES string of the molecule is Cc1ccc(S(=O)(=O)Nc2c(Br)cc(C(F)(F)F)cc2[N+](=O)[O-])cc1. The summed E-state index contributed by atoms with van der Waals surface area (Å²) in [6.07, 6.45) is -4.82. The molecule has 6 nitrogen and oxygen atoms in total. The van der Waals surface area contributed by atoms with E-state index in [4.69, 9.17) is 0 Å². The van der Waals surface area contributed by atoms with E-state index in [1.54, 1.807) is 6.92 Å².